The fourth-order valence-electron chi connectivity index (χ4n) is 1.36. The van der Waals surface area contributed by atoms with E-state index in [1.54, 1.807) is 0 Å². The van der Waals surface area contributed by atoms with Crippen LogP contribution in [-0.2, 0) is 6.42 Å². The van der Waals surface area contributed by atoms with Gasteiger partial charge in [0.25, 0.3) is 0 Å². The van der Waals surface area contributed by atoms with Crippen molar-refractivity contribution in [3.63, 3.8) is 0 Å². The lowest BCUT2D eigenvalue weighted by Gasteiger charge is -1.92. The lowest BCUT2D eigenvalue weighted by molar-refractivity contribution is 0.961. The second-order valence-corrected chi connectivity index (χ2v) is 2.83. The quantitative estimate of drug-likeness (QED) is 0.631. The minimum atomic E-state index is 0.538. The average molecular weight is 171 g/mol. The molecule has 0 atom stereocenters. The number of hydrogen-bond donors (Lipinski definition) is 0. The Morgan fingerprint density at radius 3 is 3.23 bits per heavy atom. The van der Waals surface area contributed by atoms with Crippen LogP contribution in [-0.4, -0.2) is 16.2 Å². The molecule has 0 aliphatic rings. The van der Waals surface area contributed by atoms with E-state index in [4.69, 9.17) is 6.57 Å². The lowest BCUT2D eigenvalue weighted by atomic mass is 10.2. The molecule has 0 fully saturated rings. The first-order chi connectivity index (χ1) is 6.42. The van der Waals surface area contributed by atoms with Gasteiger partial charge in [0.05, 0.1) is 11.7 Å². The predicted octanol–water partition coefficient (Wildman–Crippen LogP) is 1.80. The smallest absolute Gasteiger partial charge is 0.218 e. The maximum atomic E-state index is 6.71. The summed E-state index contributed by atoms with van der Waals surface area (Å²) in [6.07, 6.45) is 4.54. The minimum Gasteiger partial charge on any atom is -0.317 e. The zero-order valence-corrected chi connectivity index (χ0v) is 7.14. The molecule has 13 heavy (non-hydrogen) atoms. The van der Waals surface area contributed by atoms with E-state index in [9.17, 15) is 0 Å². The van der Waals surface area contributed by atoms with Crippen molar-refractivity contribution >= 4 is 5.52 Å². The van der Waals surface area contributed by atoms with Crippen molar-refractivity contribution in [3.05, 3.63) is 47.6 Å². The maximum Gasteiger partial charge on any atom is 0.218 e. The van der Waals surface area contributed by atoms with Gasteiger partial charge < -0.3 is 4.85 Å². The molecular weight excluding hydrogens is 162 g/mol. The van der Waals surface area contributed by atoms with E-state index in [0.717, 1.165) is 17.5 Å². The molecule has 0 saturated heterocycles. The van der Waals surface area contributed by atoms with Crippen LogP contribution >= 0.6 is 0 Å². The van der Waals surface area contributed by atoms with E-state index < -0.39 is 0 Å². The molecular formula is C10H9N3. The predicted molar refractivity (Wildman–Crippen MR) is 50.4 cm³/mol. The highest BCUT2D eigenvalue weighted by molar-refractivity contribution is 5.53. The number of fused-ring (bicyclic) bond motifs is 1. The number of hydrogen-bond acceptors (Lipinski definition) is 1. The van der Waals surface area contributed by atoms with E-state index in [1.807, 2.05) is 35.1 Å². The molecule has 0 aliphatic heterocycles. The summed E-state index contributed by atoms with van der Waals surface area (Å²) >= 11 is 0. The summed E-state index contributed by atoms with van der Waals surface area (Å²) in [4.78, 5) is 3.33. The van der Waals surface area contributed by atoms with Crippen molar-refractivity contribution in [1.29, 1.82) is 0 Å². The van der Waals surface area contributed by atoms with Gasteiger partial charge in [-0.15, -0.1) is 0 Å². The third kappa shape index (κ3) is 1.38. The number of pyridine rings is 1. The molecule has 0 spiro atoms. The SMILES string of the molecule is [C-]#[N+]CCc1cnn2ccccc12. The third-order valence-electron chi connectivity index (χ3n) is 2.00. The molecule has 0 unspecified atom stereocenters. The van der Waals surface area contributed by atoms with Gasteiger partial charge in [-0.05, 0) is 12.1 Å². The van der Waals surface area contributed by atoms with Crippen LogP contribution in [0.3, 0.4) is 0 Å². The summed E-state index contributed by atoms with van der Waals surface area (Å²) in [6, 6.07) is 5.95. The van der Waals surface area contributed by atoms with Crippen LogP contribution in [0, 0.1) is 6.57 Å². The van der Waals surface area contributed by atoms with Crippen LogP contribution in [0.15, 0.2) is 30.6 Å². The molecule has 3 nitrogen and oxygen atoms in total. The Morgan fingerprint density at radius 2 is 2.38 bits per heavy atom. The van der Waals surface area contributed by atoms with E-state index in [1.165, 1.54) is 0 Å². The van der Waals surface area contributed by atoms with Gasteiger partial charge in [-0.3, -0.25) is 0 Å². The number of aromatic nitrogens is 2. The highest BCUT2D eigenvalue weighted by atomic mass is 15.2. The van der Waals surface area contributed by atoms with E-state index in [2.05, 4.69) is 9.94 Å². The Hall–Kier alpha value is -1.82. The molecule has 2 heterocycles. The van der Waals surface area contributed by atoms with Gasteiger partial charge in [0.15, 0.2) is 0 Å². The fraction of sp³-hybridized carbons (Fsp3) is 0.200. The summed E-state index contributed by atoms with van der Waals surface area (Å²) in [5.41, 5.74) is 2.25. The second kappa shape index (κ2) is 3.28. The summed E-state index contributed by atoms with van der Waals surface area (Å²) < 4.78 is 1.83. The van der Waals surface area contributed by atoms with Gasteiger partial charge in [-0.1, -0.05) is 6.07 Å². The lowest BCUT2D eigenvalue weighted by Crippen LogP contribution is -1.87. The van der Waals surface area contributed by atoms with Gasteiger partial charge in [-0.25, -0.2) is 11.1 Å². The number of rotatable bonds is 2. The molecule has 0 bridgehead atoms. The summed E-state index contributed by atoms with van der Waals surface area (Å²) in [6.45, 7) is 7.25. The highest BCUT2D eigenvalue weighted by Crippen LogP contribution is 2.10. The van der Waals surface area contributed by atoms with Crippen molar-refractivity contribution in [2.24, 2.45) is 0 Å². The van der Waals surface area contributed by atoms with E-state index >= 15 is 0 Å². The Kier molecular flexibility index (Phi) is 1.97. The Labute approximate surface area is 76.4 Å². The normalized spacial score (nSPS) is 10.1. The largest absolute Gasteiger partial charge is 0.317 e. The van der Waals surface area contributed by atoms with Crippen molar-refractivity contribution in [2.45, 2.75) is 6.42 Å². The first-order valence-electron chi connectivity index (χ1n) is 4.16. The molecule has 0 aromatic carbocycles. The van der Waals surface area contributed by atoms with Crippen LogP contribution in [0.5, 0.6) is 0 Å². The number of nitrogens with zero attached hydrogens (tertiary/aromatic N) is 3. The first-order valence-corrected chi connectivity index (χ1v) is 4.16. The highest BCUT2D eigenvalue weighted by Gasteiger charge is 2.02. The molecule has 3 heteroatoms. The van der Waals surface area contributed by atoms with Crippen LogP contribution in [0.25, 0.3) is 10.4 Å². The molecule has 0 amide bonds. The molecule has 2 aromatic heterocycles. The molecule has 0 aliphatic carbocycles. The summed E-state index contributed by atoms with van der Waals surface area (Å²) in [7, 11) is 0. The van der Waals surface area contributed by atoms with Crippen molar-refractivity contribution < 1.29 is 0 Å². The van der Waals surface area contributed by atoms with Gasteiger partial charge in [-0.2, -0.15) is 5.10 Å². The van der Waals surface area contributed by atoms with Crippen molar-refractivity contribution in [1.82, 2.24) is 9.61 Å². The fourth-order valence-corrected chi connectivity index (χ4v) is 1.36. The first kappa shape index (κ1) is 7.81. The van der Waals surface area contributed by atoms with Gasteiger partial charge in [0, 0.05) is 18.2 Å². The zero-order chi connectivity index (χ0) is 9.10. The second-order valence-electron chi connectivity index (χ2n) is 2.83. The topological polar surface area (TPSA) is 21.7 Å². The van der Waals surface area contributed by atoms with Gasteiger partial charge in [0.1, 0.15) is 0 Å². The van der Waals surface area contributed by atoms with Crippen LogP contribution in [0.4, 0.5) is 0 Å². The van der Waals surface area contributed by atoms with E-state index in [-0.39, 0.29) is 0 Å². The molecule has 0 N–H and O–H groups in total. The van der Waals surface area contributed by atoms with Crippen molar-refractivity contribution in [3.8, 4) is 0 Å². The standard InChI is InChI=1S/C10H9N3/c1-11-6-5-9-8-12-13-7-3-2-4-10(9)13/h2-4,7-8H,5-6H2. The molecule has 0 saturated carbocycles. The Morgan fingerprint density at radius 1 is 1.46 bits per heavy atom. The third-order valence-corrected chi connectivity index (χ3v) is 2.00. The monoisotopic (exact) mass is 171 g/mol. The van der Waals surface area contributed by atoms with Gasteiger partial charge >= 0.3 is 0 Å². The van der Waals surface area contributed by atoms with Crippen molar-refractivity contribution in [2.75, 3.05) is 6.54 Å². The molecule has 2 rings (SSSR count). The summed E-state index contributed by atoms with van der Waals surface area (Å²) in [5.74, 6) is 0. The Bertz CT molecular complexity index is 450. The molecule has 0 radical (unpaired) electrons. The van der Waals surface area contributed by atoms with Crippen LogP contribution in [0.2, 0.25) is 0 Å². The average Bonchev–Trinajstić information content (AvgIpc) is 2.58. The summed E-state index contributed by atoms with van der Waals surface area (Å²) in [5, 5.41) is 4.19. The molecule has 2 aromatic rings. The minimum absolute atomic E-state index is 0.538. The maximum absolute atomic E-state index is 6.71. The van der Waals surface area contributed by atoms with Crippen LogP contribution < -0.4 is 0 Å². The zero-order valence-electron chi connectivity index (χ0n) is 7.14. The molecule has 64 valence electrons. The van der Waals surface area contributed by atoms with E-state index in [0.29, 0.717) is 6.54 Å². The van der Waals surface area contributed by atoms with Gasteiger partial charge in [0.2, 0.25) is 6.54 Å². The van der Waals surface area contributed by atoms with Crippen LogP contribution in [0.1, 0.15) is 5.56 Å². The Balaban J connectivity index is 2.41.